The molecule has 20 heavy (non-hydrogen) atoms. The van der Waals surface area contributed by atoms with Gasteiger partial charge in [0.1, 0.15) is 4.90 Å². The van der Waals surface area contributed by atoms with E-state index in [0.717, 1.165) is 30.2 Å². The van der Waals surface area contributed by atoms with Crippen molar-refractivity contribution < 1.29 is 13.0 Å². The third-order valence-corrected chi connectivity index (χ3v) is 4.37. The van der Waals surface area contributed by atoms with Crippen LogP contribution < -0.4 is 0 Å². The molecule has 2 rings (SSSR count). The zero-order chi connectivity index (χ0) is 14.6. The topological polar surface area (TPSA) is 54.4 Å². The summed E-state index contributed by atoms with van der Waals surface area (Å²) in [5.74, 6) is 0. The van der Waals surface area contributed by atoms with Crippen LogP contribution in [-0.2, 0) is 16.5 Å². The standard InChI is InChI=1S/C16H20O3S/c1-2-3-4-5-8-13-11-14-9-6-7-10-15(14)16(12-13)20(17,18)19/h6-7,9-12H,2-5,8H2,1H3,(H,17,18,19). The molecule has 0 atom stereocenters. The third kappa shape index (κ3) is 3.58. The minimum Gasteiger partial charge on any atom is -0.282 e. The number of fused-ring (bicyclic) bond motifs is 1. The van der Waals surface area contributed by atoms with Crippen molar-refractivity contribution in [2.45, 2.75) is 43.9 Å². The molecule has 0 spiro atoms. The van der Waals surface area contributed by atoms with Crippen molar-refractivity contribution in [3.63, 3.8) is 0 Å². The van der Waals surface area contributed by atoms with Crippen LogP contribution in [0.15, 0.2) is 41.3 Å². The highest BCUT2D eigenvalue weighted by Gasteiger charge is 2.15. The van der Waals surface area contributed by atoms with Gasteiger partial charge >= 0.3 is 0 Å². The van der Waals surface area contributed by atoms with E-state index >= 15 is 0 Å². The van der Waals surface area contributed by atoms with Gasteiger partial charge in [0, 0.05) is 5.39 Å². The first kappa shape index (κ1) is 15.0. The largest absolute Gasteiger partial charge is 0.295 e. The molecule has 0 amide bonds. The molecule has 108 valence electrons. The van der Waals surface area contributed by atoms with Crippen molar-refractivity contribution in [3.8, 4) is 0 Å². The smallest absolute Gasteiger partial charge is 0.282 e. The summed E-state index contributed by atoms with van der Waals surface area (Å²) in [6.45, 7) is 2.16. The number of aryl methyl sites for hydroxylation is 1. The second-order valence-corrected chi connectivity index (χ2v) is 6.49. The van der Waals surface area contributed by atoms with Gasteiger partial charge in [0.15, 0.2) is 0 Å². The molecule has 0 saturated carbocycles. The van der Waals surface area contributed by atoms with E-state index < -0.39 is 10.1 Å². The SMILES string of the molecule is CCCCCCc1cc(S(=O)(=O)O)c2ccccc2c1. The highest BCUT2D eigenvalue weighted by molar-refractivity contribution is 7.86. The Kier molecular flexibility index (Phi) is 4.78. The summed E-state index contributed by atoms with van der Waals surface area (Å²) in [5, 5.41) is 1.43. The van der Waals surface area contributed by atoms with Gasteiger partial charge in [-0.2, -0.15) is 8.42 Å². The van der Waals surface area contributed by atoms with Gasteiger partial charge in [0.2, 0.25) is 0 Å². The zero-order valence-corrected chi connectivity index (χ0v) is 12.5. The lowest BCUT2D eigenvalue weighted by atomic mass is 10.0. The molecule has 0 heterocycles. The Morgan fingerprint density at radius 2 is 1.80 bits per heavy atom. The predicted octanol–water partition coefficient (Wildman–Crippen LogP) is 4.21. The lowest BCUT2D eigenvalue weighted by molar-refractivity contribution is 0.484. The Hall–Kier alpha value is -1.39. The Labute approximate surface area is 120 Å². The molecular weight excluding hydrogens is 272 g/mol. The average Bonchev–Trinajstić information content (AvgIpc) is 2.42. The predicted molar refractivity (Wildman–Crippen MR) is 81.6 cm³/mol. The van der Waals surface area contributed by atoms with Crippen molar-refractivity contribution >= 4 is 20.9 Å². The summed E-state index contributed by atoms with van der Waals surface area (Å²) in [6.07, 6.45) is 5.39. The maximum absolute atomic E-state index is 11.5. The Balaban J connectivity index is 2.38. The summed E-state index contributed by atoms with van der Waals surface area (Å²) >= 11 is 0. The quantitative estimate of drug-likeness (QED) is 0.641. The highest BCUT2D eigenvalue weighted by atomic mass is 32.2. The fraction of sp³-hybridized carbons (Fsp3) is 0.375. The molecule has 0 aliphatic heterocycles. The van der Waals surface area contributed by atoms with Crippen molar-refractivity contribution in [2.75, 3.05) is 0 Å². The van der Waals surface area contributed by atoms with Gasteiger partial charge in [-0.25, -0.2) is 0 Å². The van der Waals surface area contributed by atoms with E-state index in [1.165, 1.54) is 12.8 Å². The van der Waals surface area contributed by atoms with Crippen LogP contribution in [0.1, 0.15) is 38.2 Å². The minimum atomic E-state index is -4.19. The van der Waals surface area contributed by atoms with Gasteiger partial charge in [-0.1, -0.05) is 56.5 Å². The van der Waals surface area contributed by atoms with E-state index in [9.17, 15) is 13.0 Å². The molecule has 0 radical (unpaired) electrons. The number of unbranched alkanes of at least 4 members (excludes halogenated alkanes) is 3. The number of hydrogen-bond donors (Lipinski definition) is 1. The first-order chi connectivity index (χ1) is 9.52. The molecule has 2 aromatic rings. The lowest BCUT2D eigenvalue weighted by Gasteiger charge is -2.08. The number of hydrogen-bond acceptors (Lipinski definition) is 2. The molecule has 1 N–H and O–H groups in total. The first-order valence-electron chi connectivity index (χ1n) is 7.01. The maximum Gasteiger partial charge on any atom is 0.295 e. The van der Waals surface area contributed by atoms with Crippen molar-refractivity contribution in [2.24, 2.45) is 0 Å². The number of rotatable bonds is 6. The molecule has 4 heteroatoms. The fourth-order valence-electron chi connectivity index (χ4n) is 2.45. The van der Waals surface area contributed by atoms with Crippen LogP contribution in [0.5, 0.6) is 0 Å². The molecule has 0 aromatic heterocycles. The van der Waals surface area contributed by atoms with Gasteiger partial charge < -0.3 is 0 Å². The second kappa shape index (κ2) is 6.37. The van der Waals surface area contributed by atoms with Gasteiger partial charge in [-0.3, -0.25) is 4.55 Å². The summed E-state index contributed by atoms with van der Waals surface area (Å²) in [4.78, 5) is 0.0149. The van der Waals surface area contributed by atoms with Crippen LogP contribution in [0, 0.1) is 0 Å². The van der Waals surface area contributed by atoms with Crippen LogP contribution in [0.3, 0.4) is 0 Å². The summed E-state index contributed by atoms with van der Waals surface area (Å²) in [5.41, 5.74) is 0.965. The van der Waals surface area contributed by atoms with Gasteiger partial charge in [0.05, 0.1) is 0 Å². The molecule has 0 aliphatic rings. The van der Waals surface area contributed by atoms with E-state index in [4.69, 9.17) is 0 Å². The average molecular weight is 292 g/mol. The van der Waals surface area contributed by atoms with E-state index in [-0.39, 0.29) is 4.90 Å². The summed E-state index contributed by atoms with van der Waals surface area (Å²) in [7, 11) is -4.19. The molecular formula is C16H20O3S. The Morgan fingerprint density at radius 1 is 1.05 bits per heavy atom. The van der Waals surface area contributed by atoms with E-state index in [1.807, 2.05) is 18.2 Å². The lowest BCUT2D eigenvalue weighted by Crippen LogP contribution is -2.01. The molecule has 0 bridgehead atoms. The minimum absolute atomic E-state index is 0.0149. The Bertz CT molecular complexity index is 690. The molecule has 3 nitrogen and oxygen atoms in total. The molecule has 2 aromatic carbocycles. The molecule has 0 unspecified atom stereocenters. The van der Waals surface area contributed by atoms with Gasteiger partial charge in [-0.15, -0.1) is 0 Å². The van der Waals surface area contributed by atoms with Gasteiger partial charge in [0.25, 0.3) is 10.1 Å². The van der Waals surface area contributed by atoms with Crippen molar-refractivity contribution in [1.29, 1.82) is 0 Å². The van der Waals surface area contributed by atoms with E-state index in [2.05, 4.69) is 6.92 Å². The van der Waals surface area contributed by atoms with Crippen LogP contribution in [0.4, 0.5) is 0 Å². The molecule has 0 aliphatic carbocycles. The third-order valence-electron chi connectivity index (χ3n) is 3.48. The zero-order valence-electron chi connectivity index (χ0n) is 11.7. The second-order valence-electron chi connectivity index (χ2n) is 5.10. The fourth-order valence-corrected chi connectivity index (χ4v) is 3.21. The highest BCUT2D eigenvalue weighted by Crippen LogP contribution is 2.25. The van der Waals surface area contributed by atoms with Crippen LogP contribution in [0.25, 0.3) is 10.8 Å². The van der Waals surface area contributed by atoms with E-state index in [0.29, 0.717) is 5.39 Å². The molecule has 0 saturated heterocycles. The van der Waals surface area contributed by atoms with E-state index in [1.54, 1.807) is 18.2 Å². The Morgan fingerprint density at radius 3 is 2.50 bits per heavy atom. The van der Waals surface area contributed by atoms with Crippen LogP contribution >= 0.6 is 0 Å². The summed E-state index contributed by atoms with van der Waals surface area (Å²) < 4.78 is 32.5. The first-order valence-corrected chi connectivity index (χ1v) is 8.45. The molecule has 0 fully saturated rings. The normalized spacial score (nSPS) is 11.9. The monoisotopic (exact) mass is 292 g/mol. The van der Waals surface area contributed by atoms with Crippen LogP contribution in [0.2, 0.25) is 0 Å². The van der Waals surface area contributed by atoms with Gasteiger partial charge in [-0.05, 0) is 29.9 Å². The maximum atomic E-state index is 11.5. The van der Waals surface area contributed by atoms with Crippen molar-refractivity contribution in [3.05, 3.63) is 42.0 Å². The summed E-state index contributed by atoms with van der Waals surface area (Å²) in [6, 6.07) is 10.9. The van der Waals surface area contributed by atoms with Crippen molar-refractivity contribution in [1.82, 2.24) is 0 Å². The number of benzene rings is 2. The van der Waals surface area contributed by atoms with Crippen LogP contribution in [-0.4, -0.2) is 13.0 Å².